The number of carbonyl (C=O) groups excluding carboxylic acids is 2. The van der Waals surface area contributed by atoms with Crippen LogP contribution in [0.4, 0.5) is 18.9 Å². The Morgan fingerprint density at radius 1 is 1.33 bits per heavy atom. The van der Waals surface area contributed by atoms with E-state index in [4.69, 9.17) is 16.7 Å². The Kier molecular flexibility index (Phi) is 5.56. The fourth-order valence-corrected chi connectivity index (χ4v) is 1.46. The van der Waals surface area contributed by atoms with Crippen LogP contribution in [0.3, 0.4) is 0 Å². The van der Waals surface area contributed by atoms with Crippen LogP contribution in [0.1, 0.15) is 12.5 Å². The average molecular weight is 325 g/mol. The number of nitrogens with one attached hydrogen (secondary N) is 2. The van der Waals surface area contributed by atoms with Crippen LogP contribution in [0, 0.1) is 0 Å². The zero-order valence-electron chi connectivity index (χ0n) is 10.8. The van der Waals surface area contributed by atoms with E-state index in [1.807, 2.05) is 5.32 Å². The second kappa shape index (κ2) is 6.77. The van der Waals surface area contributed by atoms with E-state index in [1.165, 1.54) is 6.92 Å². The van der Waals surface area contributed by atoms with Gasteiger partial charge in [-0.3, -0.25) is 9.59 Å². The molecule has 116 valence electrons. The van der Waals surface area contributed by atoms with Crippen LogP contribution in [0.15, 0.2) is 18.2 Å². The molecule has 1 unspecified atom stereocenters. The summed E-state index contributed by atoms with van der Waals surface area (Å²) in [4.78, 5) is 22.8. The monoisotopic (exact) mass is 324 g/mol. The number of carbonyl (C=O) groups is 2. The molecule has 0 saturated carbocycles. The van der Waals surface area contributed by atoms with Crippen molar-refractivity contribution >= 4 is 29.1 Å². The number of amides is 2. The number of aliphatic hydroxyl groups is 1. The van der Waals surface area contributed by atoms with Crippen molar-refractivity contribution in [3.8, 4) is 0 Å². The van der Waals surface area contributed by atoms with E-state index in [0.29, 0.717) is 6.07 Å². The van der Waals surface area contributed by atoms with E-state index in [9.17, 15) is 22.8 Å². The highest BCUT2D eigenvalue weighted by Crippen LogP contribution is 2.33. The van der Waals surface area contributed by atoms with Crippen LogP contribution < -0.4 is 10.6 Å². The van der Waals surface area contributed by atoms with Crippen molar-refractivity contribution in [1.82, 2.24) is 5.32 Å². The van der Waals surface area contributed by atoms with Crippen LogP contribution in [0.2, 0.25) is 5.02 Å². The molecule has 3 N–H and O–H groups in total. The Morgan fingerprint density at radius 3 is 2.48 bits per heavy atom. The van der Waals surface area contributed by atoms with Gasteiger partial charge in [0.2, 0.25) is 0 Å². The number of hydrogen-bond acceptors (Lipinski definition) is 3. The molecule has 0 fully saturated rings. The summed E-state index contributed by atoms with van der Waals surface area (Å²) in [7, 11) is 0. The number of alkyl halides is 3. The molecule has 0 aliphatic heterocycles. The average Bonchev–Trinajstić information content (AvgIpc) is 2.36. The number of aliphatic hydroxyl groups excluding tert-OH is 1. The summed E-state index contributed by atoms with van der Waals surface area (Å²) in [5.74, 6) is -2.28. The molecule has 0 spiro atoms. The Labute approximate surface area is 123 Å². The molecular weight excluding hydrogens is 313 g/mol. The first-order valence-electron chi connectivity index (χ1n) is 5.75. The first kappa shape index (κ1) is 17.3. The van der Waals surface area contributed by atoms with Gasteiger partial charge in [-0.1, -0.05) is 11.6 Å². The first-order valence-corrected chi connectivity index (χ1v) is 6.13. The molecule has 0 aliphatic carbocycles. The summed E-state index contributed by atoms with van der Waals surface area (Å²) >= 11 is 5.67. The maximum absolute atomic E-state index is 12.5. The molecule has 1 rings (SSSR count). The van der Waals surface area contributed by atoms with Gasteiger partial charge in [-0.15, -0.1) is 0 Å². The van der Waals surface area contributed by atoms with Gasteiger partial charge in [0.05, 0.1) is 22.4 Å². The zero-order valence-corrected chi connectivity index (χ0v) is 11.5. The quantitative estimate of drug-likeness (QED) is 0.742. The number of anilines is 1. The fourth-order valence-electron chi connectivity index (χ4n) is 1.30. The van der Waals surface area contributed by atoms with Gasteiger partial charge in [0, 0.05) is 6.54 Å². The summed E-state index contributed by atoms with van der Waals surface area (Å²) in [6.45, 7) is 1.23. The van der Waals surface area contributed by atoms with Crippen molar-refractivity contribution in [2.24, 2.45) is 0 Å². The van der Waals surface area contributed by atoms with Crippen molar-refractivity contribution in [3.63, 3.8) is 0 Å². The summed E-state index contributed by atoms with van der Waals surface area (Å²) in [5.41, 5.74) is -1.34. The lowest BCUT2D eigenvalue weighted by Crippen LogP contribution is -2.38. The number of benzene rings is 1. The van der Waals surface area contributed by atoms with Crippen molar-refractivity contribution in [3.05, 3.63) is 28.8 Å². The molecule has 21 heavy (non-hydrogen) atoms. The van der Waals surface area contributed by atoms with Crippen LogP contribution in [-0.4, -0.2) is 29.6 Å². The van der Waals surface area contributed by atoms with Crippen molar-refractivity contribution in [2.45, 2.75) is 19.2 Å². The van der Waals surface area contributed by atoms with E-state index in [0.717, 1.165) is 12.1 Å². The largest absolute Gasteiger partial charge is 0.416 e. The summed E-state index contributed by atoms with van der Waals surface area (Å²) < 4.78 is 37.6. The van der Waals surface area contributed by atoms with E-state index in [-0.39, 0.29) is 17.3 Å². The summed E-state index contributed by atoms with van der Waals surface area (Å²) in [6, 6.07) is 2.35. The minimum Gasteiger partial charge on any atom is -0.392 e. The zero-order chi connectivity index (χ0) is 16.2. The van der Waals surface area contributed by atoms with Crippen LogP contribution in [0.25, 0.3) is 0 Å². The van der Waals surface area contributed by atoms with Crippen molar-refractivity contribution in [1.29, 1.82) is 0 Å². The Bertz CT molecular complexity index is 547. The van der Waals surface area contributed by atoms with Crippen molar-refractivity contribution in [2.75, 3.05) is 11.9 Å². The molecule has 1 atom stereocenters. The minimum atomic E-state index is -4.60. The topological polar surface area (TPSA) is 78.4 Å². The maximum atomic E-state index is 12.5. The van der Waals surface area contributed by atoms with Gasteiger partial charge in [0.15, 0.2) is 0 Å². The lowest BCUT2D eigenvalue weighted by molar-refractivity contribution is -0.137. The molecule has 0 aromatic heterocycles. The van der Waals surface area contributed by atoms with Gasteiger partial charge in [0.25, 0.3) is 0 Å². The molecule has 1 aromatic rings. The molecule has 0 bridgehead atoms. The van der Waals surface area contributed by atoms with E-state index >= 15 is 0 Å². The van der Waals surface area contributed by atoms with Gasteiger partial charge in [-0.25, -0.2) is 0 Å². The van der Waals surface area contributed by atoms with Crippen LogP contribution >= 0.6 is 11.6 Å². The molecule has 0 saturated heterocycles. The van der Waals surface area contributed by atoms with Gasteiger partial charge in [-0.05, 0) is 25.1 Å². The molecule has 2 amide bonds. The number of rotatable bonds is 3. The lowest BCUT2D eigenvalue weighted by Gasteiger charge is -2.12. The predicted octanol–water partition coefficient (Wildman–Crippen LogP) is 1.79. The van der Waals surface area contributed by atoms with Gasteiger partial charge in [-0.2, -0.15) is 13.2 Å². The van der Waals surface area contributed by atoms with Crippen molar-refractivity contribution < 1.29 is 27.9 Å². The predicted molar refractivity (Wildman–Crippen MR) is 69.8 cm³/mol. The molecule has 0 aliphatic rings. The molecule has 0 radical (unpaired) electrons. The second-order valence-corrected chi connectivity index (χ2v) is 4.61. The number of hydrogen-bond donors (Lipinski definition) is 3. The second-order valence-electron chi connectivity index (χ2n) is 4.21. The SMILES string of the molecule is CC(O)CNC(=O)C(=O)Nc1cc(C(F)(F)F)ccc1Cl. The fraction of sp³-hybridized carbons (Fsp3) is 0.333. The standard InChI is InChI=1S/C12H12ClF3N2O3/c1-6(19)5-17-10(20)11(21)18-9-4-7(12(14,15)16)2-3-8(9)13/h2-4,6,19H,5H2,1H3,(H,17,20)(H,18,21). The van der Waals surface area contributed by atoms with Crippen LogP contribution in [-0.2, 0) is 15.8 Å². The Balaban J connectivity index is 2.82. The Morgan fingerprint density at radius 2 is 1.95 bits per heavy atom. The third-order valence-corrected chi connectivity index (χ3v) is 2.64. The third-order valence-electron chi connectivity index (χ3n) is 2.31. The normalized spacial score (nSPS) is 12.7. The summed E-state index contributed by atoms with van der Waals surface area (Å²) in [6.07, 6.45) is -5.46. The minimum absolute atomic E-state index is 0.139. The highest BCUT2D eigenvalue weighted by atomic mass is 35.5. The molecule has 9 heteroatoms. The maximum Gasteiger partial charge on any atom is 0.416 e. The molecule has 0 heterocycles. The number of halogens is 4. The molecular formula is C12H12ClF3N2O3. The molecule has 1 aromatic carbocycles. The van der Waals surface area contributed by atoms with Gasteiger partial charge < -0.3 is 15.7 Å². The highest BCUT2D eigenvalue weighted by molar-refractivity contribution is 6.41. The van der Waals surface area contributed by atoms with E-state index in [1.54, 1.807) is 0 Å². The van der Waals surface area contributed by atoms with Gasteiger partial charge >= 0.3 is 18.0 Å². The third kappa shape index (κ3) is 5.24. The van der Waals surface area contributed by atoms with Gasteiger partial charge in [0.1, 0.15) is 0 Å². The first-order chi connectivity index (χ1) is 9.61. The summed E-state index contributed by atoms with van der Waals surface area (Å²) in [5, 5.41) is 12.9. The van der Waals surface area contributed by atoms with E-state index in [2.05, 4.69) is 5.32 Å². The molecule has 5 nitrogen and oxygen atoms in total. The van der Waals surface area contributed by atoms with Crippen LogP contribution in [0.5, 0.6) is 0 Å². The Hall–Kier alpha value is -1.80. The highest BCUT2D eigenvalue weighted by Gasteiger charge is 2.31. The smallest absolute Gasteiger partial charge is 0.392 e. The van der Waals surface area contributed by atoms with E-state index < -0.39 is 29.7 Å². The lowest BCUT2D eigenvalue weighted by atomic mass is 10.2.